The standard InChI is InChI=1S/C37H52N2O3/c1-5-7-8-14-17-29(4)42-33-23-24-34(37(40)41)35(25-33)31-19-21-32(22-20-31)36-38-26-30(27-39-36)18-15-12-10-9-11-13-16-28(3)6-2/h19-29H,5-18H2,1-4H3,(H,40,41)/t28-,29+/m0/s1. The van der Waals surface area contributed by atoms with Gasteiger partial charge in [-0.1, -0.05) is 109 Å². The van der Waals surface area contributed by atoms with Gasteiger partial charge in [0, 0.05) is 18.0 Å². The van der Waals surface area contributed by atoms with E-state index in [0.29, 0.717) is 17.1 Å². The molecule has 0 aliphatic heterocycles. The molecule has 0 saturated carbocycles. The molecule has 42 heavy (non-hydrogen) atoms. The molecule has 0 radical (unpaired) electrons. The summed E-state index contributed by atoms with van der Waals surface area (Å²) < 4.78 is 6.15. The molecule has 3 rings (SSSR count). The van der Waals surface area contributed by atoms with Crippen molar-refractivity contribution in [1.82, 2.24) is 9.97 Å². The van der Waals surface area contributed by atoms with Crippen molar-refractivity contribution in [2.45, 2.75) is 124 Å². The lowest BCUT2D eigenvalue weighted by Crippen LogP contribution is -2.12. The number of carboxylic acid groups (broad SMARTS) is 1. The highest BCUT2D eigenvalue weighted by Crippen LogP contribution is 2.31. The Morgan fingerprint density at radius 2 is 1.40 bits per heavy atom. The van der Waals surface area contributed by atoms with Gasteiger partial charge in [-0.3, -0.25) is 0 Å². The minimum absolute atomic E-state index is 0.0808. The molecule has 0 aliphatic rings. The van der Waals surface area contributed by atoms with Gasteiger partial charge in [-0.25, -0.2) is 14.8 Å². The van der Waals surface area contributed by atoms with Crippen LogP contribution in [0.5, 0.6) is 5.75 Å². The first-order chi connectivity index (χ1) is 20.4. The van der Waals surface area contributed by atoms with Crippen LogP contribution in [0.4, 0.5) is 0 Å². The average Bonchev–Trinajstić information content (AvgIpc) is 3.00. The molecule has 1 N–H and O–H groups in total. The fraction of sp³-hybridized carbons (Fsp3) is 0.541. The maximum Gasteiger partial charge on any atom is 0.336 e. The first-order valence-electron chi connectivity index (χ1n) is 16.4. The first-order valence-corrected chi connectivity index (χ1v) is 16.4. The lowest BCUT2D eigenvalue weighted by molar-refractivity contribution is 0.0697. The Labute approximate surface area is 254 Å². The second kappa shape index (κ2) is 18.4. The maximum absolute atomic E-state index is 12.0. The summed E-state index contributed by atoms with van der Waals surface area (Å²) in [4.78, 5) is 21.2. The number of aromatic nitrogens is 2. The molecule has 0 amide bonds. The minimum Gasteiger partial charge on any atom is -0.491 e. The highest BCUT2D eigenvalue weighted by atomic mass is 16.5. The van der Waals surface area contributed by atoms with E-state index in [4.69, 9.17) is 4.74 Å². The van der Waals surface area contributed by atoms with Gasteiger partial charge in [0.2, 0.25) is 0 Å². The van der Waals surface area contributed by atoms with E-state index < -0.39 is 5.97 Å². The Hall–Kier alpha value is -3.21. The molecule has 0 bridgehead atoms. The predicted molar refractivity (Wildman–Crippen MR) is 174 cm³/mol. The summed E-state index contributed by atoms with van der Waals surface area (Å²) in [6.45, 7) is 8.92. The third-order valence-electron chi connectivity index (χ3n) is 8.29. The molecular formula is C37H52N2O3. The molecule has 0 fully saturated rings. The van der Waals surface area contributed by atoms with Crippen molar-refractivity contribution in [2.24, 2.45) is 5.92 Å². The Kier molecular flexibility index (Phi) is 14.5. The van der Waals surface area contributed by atoms with Crippen LogP contribution >= 0.6 is 0 Å². The molecule has 3 aromatic rings. The van der Waals surface area contributed by atoms with E-state index in [-0.39, 0.29) is 11.7 Å². The highest BCUT2D eigenvalue weighted by molar-refractivity contribution is 5.96. The molecule has 5 nitrogen and oxygen atoms in total. The molecule has 1 heterocycles. The van der Waals surface area contributed by atoms with E-state index in [1.165, 1.54) is 76.2 Å². The number of ether oxygens (including phenoxy) is 1. The van der Waals surface area contributed by atoms with Gasteiger partial charge in [0.25, 0.3) is 0 Å². The zero-order chi connectivity index (χ0) is 30.2. The van der Waals surface area contributed by atoms with Gasteiger partial charge < -0.3 is 9.84 Å². The van der Waals surface area contributed by atoms with Crippen molar-refractivity contribution in [3.05, 3.63) is 66.0 Å². The Balaban J connectivity index is 1.54. The number of hydrogen-bond acceptors (Lipinski definition) is 4. The van der Waals surface area contributed by atoms with Crippen LogP contribution in [0, 0.1) is 5.92 Å². The zero-order valence-corrected chi connectivity index (χ0v) is 26.4. The van der Waals surface area contributed by atoms with Crippen molar-refractivity contribution >= 4 is 5.97 Å². The normalized spacial score (nSPS) is 12.7. The van der Waals surface area contributed by atoms with Gasteiger partial charge in [0.1, 0.15) is 5.75 Å². The van der Waals surface area contributed by atoms with E-state index in [9.17, 15) is 9.90 Å². The number of aromatic carboxylic acids is 1. The summed E-state index contributed by atoms with van der Waals surface area (Å²) in [6, 6.07) is 13.0. The molecular weight excluding hydrogens is 520 g/mol. The predicted octanol–water partition coefficient (Wildman–Crippen LogP) is 10.6. The van der Waals surface area contributed by atoms with Crippen molar-refractivity contribution in [1.29, 1.82) is 0 Å². The second-order valence-corrected chi connectivity index (χ2v) is 12.0. The van der Waals surface area contributed by atoms with E-state index >= 15 is 0 Å². The first kappa shape index (κ1) is 33.3. The number of rotatable bonds is 20. The molecule has 0 saturated heterocycles. The summed E-state index contributed by atoms with van der Waals surface area (Å²) >= 11 is 0. The van der Waals surface area contributed by atoms with Crippen LogP contribution in [-0.4, -0.2) is 27.1 Å². The van der Waals surface area contributed by atoms with Crippen LogP contribution in [0.3, 0.4) is 0 Å². The fourth-order valence-corrected chi connectivity index (χ4v) is 5.34. The number of nitrogens with zero attached hydrogens (tertiary/aromatic N) is 2. The topological polar surface area (TPSA) is 72.3 Å². The number of unbranched alkanes of at least 4 members (excludes halogenated alkanes) is 8. The van der Waals surface area contributed by atoms with E-state index in [2.05, 4.69) is 37.7 Å². The molecule has 1 aromatic heterocycles. The second-order valence-electron chi connectivity index (χ2n) is 12.0. The number of hydrogen-bond donors (Lipinski definition) is 1. The summed E-state index contributed by atoms with van der Waals surface area (Å²) in [7, 11) is 0. The molecule has 2 aromatic carbocycles. The molecule has 2 atom stereocenters. The molecule has 5 heteroatoms. The van der Waals surface area contributed by atoms with Gasteiger partial charge in [0.15, 0.2) is 5.82 Å². The lowest BCUT2D eigenvalue weighted by atomic mass is 9.98. The van der Waals surface area contributed by atoms with E-state index in [1.54, 1.807) is 12.1 Å². The lowest BCUT2D eigenvalue weighted by Gasteiger charge is -2.16. The van der Waals surface area contributed by atoms with Gasteiger partial charge in [-0.2, -0.15) is 0 Å². The Morgan fingerprint density at radius 1 is 0.786 bits per heavy atom. The highest BCUT2D eigenvalue weighted by Gasteiger charge is 2.15. The van der Waals surface area contributed by atoms with Gasteiger partial charge in [0.05, 0.1) is 11.7 Å². The Morgan fingerprint density at radius 3 is 2.07 bits per heavy atom. The SMILES string of the molecule is CCCCCC[C@@H](C)Oc1ccc(C(=O)O)c(-c2ccc(-c3ncc(CCCCCCCC[C@@H](C)CC)cn3)cc2)c1. The number of carboxylic acids is 1. The van der Waals surface area contributed by atoms with E-state index in [1.807, 2.05) is 42.7 Å². The summed E-state index contributed by atoms with van der Waals surface area (Å²) in [6.07, 6.45) is 21.2. The largest absolute Gasteiger partial charge is 0.491 e. The quantitative estimate of drug-likeness (QED) is 0.136. The van der Waals surface area contributed by atoms with Crippen LogP contribution in [0.1, 0.15) is 127 Å². The average molecular weight is 573 g/mol. The number of benzene rings is 2. The van der Waals surface area contributed by atoms with Gasteiger partial charge >= 0.3 is 5.97 Å². The van der Waals surface area contributed by atoms with Crippen molar-refractivity contribution in [3.8, 4) is 28.3 Å². The van der Waals surface area contributed by atoms with Crippen LogP contribution < -0.4 is 4.74 Å². The van der Waals surface area contributed by atoms with Crippen LogP contribution in [0.25, 0.3) is 22.5 Å². The Bertz CT molecular complexity index is 1190. The summed E-state index contributed by atoms with van der Waals surface area (Å²) in [5.41, 5.74) is 3.82. The third kappa shape index (κ3) is 11.2. The van der Waals surface area contributed by atoms with Crippen molar-refractivity contribution in [3.63, 3.8) is 0 Å². The third-order valence-corrected chi connectivity index (χ3v) is 8.29. The zero-order valence-electron chi connectivity index (χ0n) is 26.4. The van der Waals surface area contributed by atoms with E-state index in [0.717, 1.165) is 36.3 Å². The fourth-order valence-electron chi connectivity index (χ4n) is 5.34. The number of aryl methyl sites for hydroxylation is 1. The summed E-state index contributed by atoms with van der Waals surface area (Å²) in [5.74, 6) is 1.29. The van der Waals surface area contributed by atoms with Gasteiger partial charge in [-0.15, -0.1) is 0 Å². The molecule has 228 valence electrons. The van der Waals surface area contributed by atoms with Crippen LogP contribution in [0.2, 0.25) is 0 Å². The van der Waals surface area contributed by atoms with Crippen LogP contribution in [0.15, 0.2) is 54.9 Å². The smallest absolute Gasteiger partial charge is 0.336 e. The maximum atomic E-state index is 12.0. The van der Waals surface area contributed by atoms with Gasteiger partial charge in [-0.05, 0) is 73.4 Å². The van der Waals surface area contributed by atoms with Crippen molar-refractivity contribution < 1.29 is 14.6 Å². The molecule has 0 aliphatic carbocycles. The summed E-state index contributed by atoms with van der Waals surface area (Å²) in [5, 5.41) is 9.82. The minimum atomic E-state index is -0.950. The monoisotopic (exact) mass is 572 g/mol. The number of carbonyl (C=O) groups is 1. The molecule has 0 spiro atoms. The van der Waals surface area contributed by atoms with Crippen molar-refractivity contribution in [2.75, 3.05) is 0 Å². The van der Waals surface area contributed by atoms with Crippen LogP contribution in [-0.2, 0) is 6.42 Å². The molecule has 0 unspecified atom stereocenters.